The van der Waals surface area contributed by atoms with Gasteiger partial charge in [-0.2, -0.15) is 0 Å². The molecular weight excluding hydrogens is 214 g/mol. The molecule has 2 rings (SSSR count). The van der Waals surface area contributed by atoms with Gasteiger partial charge >= 0.3 is 5.97 Å². The van der Waals surface area contributed by atoms with E-state index in [9.17, 15) is 9.59 Å². The average molecular weight is 221 g/mol. The fourth-order valence-corrected chi connectivity index (χ4v) is 2.26. The van der Waals surface area contributed by atoms with Gasteiger partial charge in [0.15, 0.2) is 6.29 Å². The lowest BCUT2D eigenvalue weighted by Crippen LogP contribution is -1.96. The van der Waals surface area contributed by atoms with E-state index >= 15 is 0 Å². The Morgan fingerprint density at radius 2 is 2.40 bits per heavy atom. The van der Waals surface area contributed by atoms with Gasteiger partial charge in [0.25, 0.3) is 0 Å². The van der Waals surface area contributed by atoms with Crippen LogP contribution in [0.4, 0.5) is 0 Å². The van der Waals surface area contributed by atoms with E-state index in [1.165, 1.54) is 18.4 Å². The Bertz CT molecular complexity index is 532. The number of carbonyl (C=O) groups is 2. The summed E-state index contributed by atoms with van der Waals surface area (Å²) in [6.07, 6.45) is 2.29. The topological polar surface area (TPSA) is 56.3 Å². The lowest BCUT2D eigenvalue weighted by atomic mass is 10.2. The fraction of sp³-hybridized carbons (Fsp3) is 0.100. The Morgan fingerprint density at radius 1 is 1.60 bits per heavy atom. The summed E-state index contributed by atoms with van der Waals surface area (Å²) in [7, 11) is 1.32. The van der Waals surface area contributed by atoms with Gasteiger partial charge in [-0.1, -0.05) is 0 Å². The SMILES string of the molecule is COC(=O)c1cc2nccc(C=O)c2s1. The molecular formula is C10H7NO3S. The number of pyridine rings is 1. The number of aldehydes is 1. The van der Waals surface area contributed by atoms with Crippen molar-refractivity contribution in [1.29, 1.82) is 0 Å². The summed E-state index contributed by atoms with van der Waals surface area (Å²) in [5.41, 5.74) is 1.19. The number of methoxy groups -OCH3 is 1. The zero-order valence-electron chi connectivity index (χ0n) is 7.89. The van der Waals surface area contributed by atoms with Gasteiger partial charge in [0.1, 0.15) is 4.88 Å². The second kappa shape index (κ2) is 3.78. The minimum Gasteiger partial charge on any atom is -0.465 e. The van der Waals surface area contributed by atoms with E-state index in [2.05, 4.69) is 9.72 Å². The largest absolute Gasteiger partial charge is 0.465 e. The van der Waals surface area contributed by atoms with E-state index in [0.29, 0.717) is 20.7 Å². The molecule has 0 saturated carbocycles. The zero-order valence-corrected chi connectivity index (χ0v) is 8.71. The van der Waals surface area contributed by atoms with Crippen molar-refractivity contribution in [2.45, 2.75) is 0 Å². The molecule has 0 aromatic carbocycles. The highest BCUT2D eigenvalue weighted by Gasteiger charge is 2.12. The zero-order chi connectivity index (χ0) is 10.8. The molecule has 0 bridgehead atoms. The number of carbonyl (C=O) groups excluding carboxylic acids is 2. The number of thiophene rings is 1. The van der Waals surface area contributed by atoms with Crippen molar-refractivity contribution in [2.24, 2.45) is 0 Å². The van der Waals surface area contributed by atoms with Crippen LogP contribution in [0.15, 0.2) is 18.3 Å². The summed E-state index contributed by atoms with van der Waals surface area (Å²) >= 11 is 1.21. The van der Waals surface area contributed by atoms with Crippen molar-refractivity contribution in [3.63, 3.8) is 0 Å². The van der Waals surface area contributed by atoms with Crippen LogP contribution >= 0.6 is 11.3 Å². The van der Waals surface area contributed by atoms with Crippen LogP contribution in [-0.4, -0.2) is 24.3 Å². The number of rotatable bonds is 2. The number of fused-ring (bicyclic) bond motifs is 1. The molecule has 2 aromatic heterocycles. The van der Waals surface area contributed by atoms with Gasteiger partial charge in [-0.3, -0.25) is 9.78 Å². The molecule has 0 unspecified atom stereocenters. The van der Waals surface area contributed by atoms with E-state index in [1.807, 2.05) is 0 Å². The maximum atomic E-state index is 11.3. The van der Waals surface area contributed by atoms with E-state index in [0.717, 1.165) is 6.29 Å². The monoisotopic (exact) mass is 221 g/mol. The number of aromatic nitrogens is 1. The summed E-state index contributed by atoms with van der Waals surface area (Å²) in [5, 5.41) is 0. The Balaban J connectivity index is 2.65. The molecule has 5 heteroatoms. The average Bonchev–Trinajstić information content (AvgIpc) is 2.71. The second-order valence-electron chi connectivity index (χ2n) is 2.83. The van der Waals surface area contributed by atoms with E-state index < -0.39 is 5.97 Å². The van der Waals surface area contributed by atoms with Crippen LogP contribution < -0.4 is 0 Å². The van der Waals surface area contributed by atoms with Crippen LogP contribution in [0, 0.1) is 0 Å². The minimum atomic E-state index is -0.408. The van der Waals surface area contributed by atoms with Crippen molar-refractivity contribution < 1.29 is 14.3 Å². The number of esters is 1. The van der Waals surface area contributed by atoms with E-state index in [-0.39, 0.29) is 0 Å². The third-order valence-corrected chi connectivity index (χ3v) is 3.11. The smallest absolute Gasteiger partial charge is 0.348 e. The molecule has 15 heavy (non-hydrogen) atoms. The minimum absolute atomic E-state index is 0.408. The number of ether oxygens (including phenoxy) is 1. The maximum Gasteiger partial charge on any atom is 0.348 e. The van der Waals surface area contributed by atoms with Crippen LogP contribution in [0.5, 0.6) is 0 Å². The molecule has 0 N–H and O–H groups in total. The lowest BCUT2D eigenvalue weighted by molar-refractivity contribution is 0.0606. The van der Waals surface area contributed by atoms with Gasteiger partial charge in [-0.25, -0.2) is 4.79 Å². The predicted molar refractivity (Wildman–Crippen MR) is 56.3 cm³/mol. The van der Waals surface area contributed by atoms with Gasteiger partial charge in [-0.15, -0.1) is 11.3 Å². The van der Waals surface area contributed by atoms with E-state index in [1.54, 1.807) is 18.3 Å². The van der Waals surface area contributed by atoms with Crippen LogP contribution in [0.25, 0.3) is 10.2 Å². The molecule has 76 valence electrons. The van der Waals surface area contributed by atoms with Gasteiger partial charge in [0, 0.05) is 11.8 Å². The van der Waals surface area contributed by atoms with Gasteiger partial charge < -0.3 is 4.74 Å². The van der Waals surface area contributed by atoms with Gasteiger partial charge in [-0.05, 0) is 12.1 Å². The van der Waals surface area contributed by atoms with Crippen LogP contribution in [0.1, 0.15) is 20.0 Å². The summed E-state index contributed by atoms with van der Waals surface area (Å²) in [6.45, 7) is 0. The first-order valence-electron chi connectivity index (χ1n) is 4.18. The third-order valence-electron chi connectivity index (χ3n) is 1.96. The van der Waals surface area contributed by atoms with Crippen molar-refractivity contribution in [2.75, 3.05) is 7.11 Å². The highest BCUT2D eigenvalue weighted by molar-refractivity contribution is 7.21. The molecule has 4 nitrogen and oxygen atoms in total. The Kier molecular flexibility index (Phi) is 2.47. The fourth-order valence-electron chi connectivity index (χ4n) is 1.25. The first kappa shape index (κ1) is 9.79. The first-order valence-corrected chi connectivity index (χ1v) is 5.00. The molecule has 2 aromatic rings. The van der Waals surface area contributed by atoms with Crippen molar-refractivity contribution >= 4 is 33.8 Å². The molecule has 2 heterocycles. The van der Waals surface area contributed by atoms with Crippen LogP contribution in [-0.2, 0) is 4.74 Å². The molecule has 0 aliphatic carbocycles. The molecule has 0 radical (unpaired) electrons. The molecule has 0 aliphatic rings. The van der Waals surface area contributed by atoms with Crippen LogP contribution in [0.3, 0.4) is 0 Å². The summed E-state index contributed by atoms with van der Waals surface area (Å²) in [6, 6.07) is 3.24. The molecule has 0 amide bonds. The number of hydrogen-bond acceptors (Lipinski definition) is 5. The quantitative estimate of drug-likeness (QED) is 0.574. The molecule has 0 atom stereocenters. The van der Waals surface area contributed by atoms with Crippen LogP contribution in [0.2, 0.25) is 0 Å². The van der Waals surface area contributed by atoms with E-state index in [4.69, 9.17) is 0 Å². The highest BCUT2D eigenvalue weighted by Crippen LogP contribution is 2.26. The van der Waals surface area contributed by atoms with Gasteiger partial charge in [0.05, 0.1) is 17.3 Å². The lowest BCUT2D eigenvalue weighted by Gasteiger charge is -1.91. The standard InChI is InChI=1S/C10H7NO3S/c1-14-10(13)8-4-7-9(15-8)6(5-12)2-3-11-7/h2-5H,1H3. The second-order valence-corrected chi connectivity index (χ2v) is 3.89. The van der Waals surface area contributed by atoms with Crippen molar-refractivity contribution in [3.05, 3.63) is 28.8 Å². The Labute approximate surface area is 89.5 Å². The number of hydrogen-bond donors (Lipinski definition) is 0. The summed E-state index contributed by atoms with van der Waals surface area (Å²) in [4.78, 5) is 26.5. The van der Waals surface area contributed by atoms with Crippen molar-refractivity contribution in [3.8, 4) is 0 Å². The van der Waals surface area contributed by atoms with Gasteiger partial charge in [0.2, 0.25) is 0 Å². The van der Waals surface area contributed by atoms with Crippen molar-refractivity contribution in [1.82, 2.24) is 4.98 Å². The normalized spacial score (nSPS) is 10.2. The highest BCUT2D eigenvalue weighted by atomic mass is 32.1. The number of nitrogens with zero attached hydrogens (tertiary/aromatic N) is 1. The molecule has 0 saturated heterocycles. The molecule has 0 fully saturated rings. The molecule has 0 aliphatic heterocycles. The summed E-state index contributed by atoms with van der Waals surface area (Å²) < 4.78 is 5.31. The maximum absolute atomic E-state index is 11.3. The Morgan fingerprint density at radius 3 is 3.07 bits per heavy atom. The Hall–Kier alpha value is -1.75. The summed E-state index contributed by atoms with van der Waals surface area (Å²) in [5.74, 6) is -0.408. The first-order chi connectivity index (χ1) is 7.26. The third kappa shape index (κ3) is 1.61. The predicted octanol–water partition coefficient (Wildman–Crippen LogP) is 1.90. The molecule has 0 spiro atoms.